The highest BCUT2D eigenvalue weighted by atomic mass is 32.1. The lowest BCUT2D eigenvalue weighted by molar-refractivity contribution is -0.132. The van der Waals surface area contributed by atoms with Crippen LogP contribution in [0.15, 0.2) is 35.9 Å². The molecular weight excluding hydrogens is 368 g/mol. The van der Waals surface area contributed by atoms with Gasteiger partial charge in [-0.15, -0.1) is 11.3 Å². The number of aliphatic carboxylic acids is 1. The summed E-state index contributed by atoms with van der Waals surface area (Å²) in [5, 5.41) is 17.8. The van der Waals surface area contributed by atoms with Gasteiger partial charge in [-0.3, -0.25) is 0 Å². The van der Waals surface area contributed by atoms with E-state index in [-0.39, 0.29) is 11.1 Å². The van der Waals surface area contributed by atoms with Gasteiger partial charge in [0.05, 0.1) is 0 Å². The van der Waals surface area contributed by atoms with E-state index in [9.17, 15) is 4.79 Å². The molecule has 28 heavy (non-hydrogen) atoms. The summed E-state index contributed by atoms with van der Waals surface area (Å²) in [6.45, 7) is 6.85. The third kappa shape index (κ3) is 4.02. The molecule has 1 N–H and O–H groups in total. The molecule has 1 aromatic carbocycles. The Hall–Kier alpha value is -2.84. The van der Waals surface area contributed by atoms with Crippen molar-refractivity contribution in [2.45, 2.75) is 38.6 Å². The molecule has 4 nitrogen and oxygen atoms in total. The molecule has 0 saturated carbocycles. The molecule has 1 aliphatic rings. The van der Waals surface area contributed by atoms with E-state index in [2.05, 4.69) is 57.0 Å². The van der Waals surface area contributed by atoms with E-state index in [0.29, 0.717) is 5.92 Å². The number of nitriles is 1. The summed E-state index contributed by atoms with van der Waals surface area (Å²) in [6.07, 6.45) is 6.63. The van der Waals surface area contributed by atoms with Crippen LogP contribution in [0.2, 0.25) is 0 Å². The largest absolute Gasteiger partial charge is 0.477 e. The molecule has 1 atom stereocenters. The Bertz CT molecular complexity index is 1010. The molecule has 0 amide bonds. The Kier molecular flexibility index (Phi) is 5.44. The lowest BCUT2D eigenvalue weighted by Gasteiger charge is -2.45. The van der Waals surface area contributed by atoms with E-state index in [1.54, 1.807) is 6.07 Å². The van der Waals surface area contributed by atoms with Gasteiger partial charge in [-0.05, 0) is 73.7 Å². The molecule has 1 unspecified atom stereocenters. The summed E-state index contributed by atoms with van der Waals surface area (Å²) in [7, 11) is 2.16. The first-order valence-corrected chi connectivity index (χ1v) is 10.0. The summed E-state index contributed by atoms with van der Waals surface area (Å²) in [5.41, 5.74) is 3.71. The lowest BCUT2D eigenvalue weighted by atomic mass is 9.80. The average molecular weight is 393 g/mol. The average Bonchev–Trinajstić information content (AvgIpc) is 3.09. The minimum Gasteiger partial charge on any atom is -0.477 e. The molecule has 0 spiro atoms. The van der Waals surface area contributed by atoms with Crippen molar-refractivity contribution in [2.75, 3.05) is 11.9 Å². The van der Waals surface area contributed by atoms with Gasteiger partial charge in [0.2, 0.25) is 0 Å². The Morgan fingerprint density at radius 3 is 2.68 bits per heavy atom. The molecule has 0 saturated heterocycles. The second-order valence-corrected chi connectivity index (χ2v) is 8.99. The molecule has 3 rings (SSSR count). The SMILES string of the molecule is CC1CC(C)(C)N(C)c2ccc(/C=C/c3ccc(/C=C(/C#N)C(=O)O)s3)cc21. The zero-order chi connectivity index (χ0) is 20.5. The third-order valence-corrected chi connectivity index (χ3v) is 6.38. The van der Waals surface area contributed by atoms with Crippen LogP contribution in [0.1, 0.15) is 54.0 Å². The van der Waals surface area contributed by atoms with Crippen molar-refractivity contribution < 1.29 is 9.90 Å². The summed E-state index contributed by atoms with van der Waals surface area (Å²) in [6, 6.07) is 12.1. The number of carboxylic acid groups (broad SMARTS) is 1. The maximum absolute atomic E-state index is 11.0. The minimum atomic E-state index is -1.20. The Morgan fingerprint density at radius 2 is 2.00 bits per heavy atom. The Balaban J connectivity index is 1.82. The molecule has 0 aliphatic carbocycles. The smallest absolute Gasteiger partial charge is 0.346 e. The maximum atomic E-state index is 11.0. The van der Waals surface area contributed by atoms with Crippen LogP contribution in [0, 0.1) is 11.3 Å². The first-order valence-electron chi connectivity index (χ1n) is 9.22. The van der Waals surface area contributed by atoms with Crippen molar-refractivity contribution in [1.82, 2.24) is 0 Å². The van der Waals surface area contributed by atoms with Gasteiger partial charge in [0, 0.05) is 28.0 Å². The number of hydrogen-bond acceptors (Lipinski definition) is 4. The summed E-state index contributed by atoms with van der Waals surface area (Å²) < 4.78 is 0. The quantitative estimate of drug-likeness (QED) is 0.541. The van der Waals surface area contributed by atoms with Gasteiger partial charge in [-0.25, -0.2) is 4.79 Å². The first kappa shape index (κ1) is 19.9. The van der Waals surface area contributed by atoms with Crippen LogP contribution < -0.4 is 4.90 Å². The third-order valence-electron chi connectivity index (χ3n) is 5.38. The summed E-state index contributed by atoms with van der Waals surface area (Å²) in [4.78, 5) is 15.1. The molecular formula is C23H24N2O2S. The number of anilines is 1. The van der Waals surface area contributed by atoms with E-state index in [0.717, 1.165) is 21.7 Å². The van der Waals surface area contributed by atoms with Crippen LogP contribution in [0.4, 0.5) is 5.69 Å². The molecule has 5 heteroatoms. The van der Waals surface area contributed by atoms with Crippen LogP contribution in [0.5, 0.6) is 0 Å². The number of fused-ring (bicyclic) bond motifs is 1. The summed E-state index contributed by atoms with van der Waals surface area (Å²) >= 11 is 1.46. The van der Waals surface area contributed by atoms with E-state index in [4.69, 9.17) is 10.4 Å². The van der Waals surface area contributed by atoms with Crippen LogP contribution in [0.3, 0.4) is 0 Å². The number of hydrogen-bond donors (Lipinski definition) is 1. The van der Waals surface area contributed by atoms with Crippen molar-refractivity contribution in [1.29, 1.82) is 5.26 Å². The monoisotopic (exact) mass is 392 g/mol. The number of benzene rings is 1. The van der Waals surface area contributed by atoms with Crippen molar-refractivity contribution in [3.63, 3.8) is 0 Å². The number of carboxylic acids is 1. The fraction of sp³-hybridized carbons (Fsp3) is 0.304. The standard InChI is InChI=1S/C23H24N2O2S/c1-15-13-23(2,3)25(4)21-10-6-16(11-20(15)21)5-7-18-8-9-19(28-18)12-17(14-24)22(26)27/h5-12,15H,13H2,1-4H3,(H,26,27)/b7-5+,17-12-. The van der Waals surface area contributed by atoms with Crippen molar-refractivity contribution in [2.24, 2.45) is 0 Å². The van der Waals surface area contributed by atoms with E-state index in [1.807, 2.05) is 18.2 Å². The topological polar surface area (TPSA) is 64.3 Å². The van der Waals surface area contributed by atoms with Crippen LogP contribution in [0.25, 0.3) is 18.2 Å². The zero-order valence-corrected chi connectivity index (χ0v) is 17.4. The molecule has 0 bridgehead atoms. The predicted octanol–water partition coefficient (Wildman–Crippen LogP) is 5.63. The number of nitrogens with zero attached hydrogens (tertiary/aromatic N) is 2. The molecule has 0 radical (unpaired) electrons. The van der Waals surface area contributed by atoms with E-state index < -0.39 is 5.97 Å². The Labute approximate surface area is 170 Å². The van der Waals surface area contributed by atoms with Gasteiger partial charge in [0.1, 0.15) is 11.6 Å². The maximum Gasteiger partial charge on any atom is 0.346 e. The molecule has 2 heterocycles. The van der Waals surface area contributed by atoms with Crippen LogP contribution in [-0.4, -0.2) is 23.7 Å². The molecule has 2 aromatic rings. The second kappa shape index (κ2) is 7.65. The van der Waals surface area contributed by atoms with E-state index in [1.165, 1.54) is 28.7 Å². The predicted molar refractivity (Wildman–Crippen MR) is 116 cm³/mol. The number of thiophene rings is 1. The lowest BCUT2D eigenvalue weighted by Crippen LogP contribution is -2.45. The van der Waals surface area contributed by atoms with Gasteiger partial charge >= 0.3 is 5.97 Å². The Morgan fingerprint density at radius 1 is 1.29 bits per heavy atom. The molecule has 0 fully saturated rings. The van der Waals surface area contributed by atoms with Crippen molar-refractivity contribution in [3.05, 3.63) is 56.8 Å². The molecule has 144 valence electrons. The number of rotatable bonds is 4. The van der Waals surface area contributed by atoms with Gasteiger partial charge in [0.15, 0.2) is 0 Å². The fourth-order valence-corrected chi connectivity index (χ4v) is 4.55. The molecule has 1 aromatic heterocycles. The first-order chi connectivity index (χ1) is 13.2. The second-order valence-electron chi connectivity index (χ2n) is 7.84. The van der Waals surface area contributed by atoms with Crippen molar-refractivity contribution in [3.8, 4) is 6.07 Å². The van der Waals surface area contributed by atoms with Gasteiger partial charge in [-0.1, -0.05) is 19.1 Å². The van der Waals surface area contributed by atoms with Gasteiger partial charge in [0.25, 0.3) is 0 Å². The molecule has 1 aliphatic heterocycles. The highest BCUT2D eigenvalue weighted by Gasteiger charge is 2.33. The highest BCUT2D eigenvalue weighted by Crippen LogP contribution is 2.42. The van der Waals surface area contributed by atoms with Gasteiger partial charge < -0.3 is 10.0 Å². The fourth-order valence-electron chi connectivity index (χ4n) is 3.70. The highest BCUT2D eigenvalue weighted by molar-refractivity contribution is 7.13. The normalized spacial score (nSPS) is 18.8. The number of carbonyl (C=O) groups is 1. The minimum absolute atomic E-state index is 0.156. The van der Waals surface area contributed by atoms with E-state index >= 15 is 0 Å². The van der Waals surface area contributed by atoms with Crippen LogP contribution >= 0.6 is 11.3 Å². The van der Waals surface area contributed by atoms with Crippen LogP contribution in [-0.2, 0) is 4.79 Å². The van der Waals surface area contributed by atoms with Gasteiger partial charge in [-0.2, -0.15) is 5.26 Å². The summed E-state index contributed by atoms with van der Waals surface area (Å²) in [5.74, 6) is -0.697. The van der Waals surface area contributed by atoms with Crippen molar-refractivity contribution >= 4 is 41.2 Å². The zero-order valence-electron chi connectivity index (χ0n) is 16.6.